The van der Waals surface area contributed by atoms with Crippen LogP contribution in [0.1, 0.15) is 40.2 Å². The minimum Gasteiger partial charge on any atom is -0.507 e. The molecule has 0 aliphatic carbocycles. The number of hydrogen-bond donors (Lipinski definition) is 2. The van der Waals surface area contributed by atoms with Gasteiger partial charge in [-0.2, -0.15) is 0 Å². The predicted octanol–water partition coefficient (Wildman–Crippen LogP) is 4.41. The monoisotopic (exact) mass is 441 g/mol. The van der Waals surface area contributed by atoms with Gasteiger partial charge in [-0.05, 0) is 45.2 Å². The number of esters is 1. The van der Waals surface area contributed by atoms with Gasteiger partial charge in [0.1, 0.15) is 39.7 Å². The zero-order valence-electron chi connectivity index (χ0n) is 18.9. The first-order valence-electron chi connectivity index (χ1n) is 10.3. The Morgan fingerprint density at radius 2 is 1.84 bits per heavy atom. The van der Waals surface area contributed by atoms with E-state index in [9.17, 15) is 19.5 Å². The average molecular weight is 441 g/mol. The molecule has 2 N–H and O–H groups in total. The Hall–Kier alpha value is -3.55. The predicted molar refractivity (Wildman–Crippen MR) is 120 cm³/mol. The molecule has 0 aliphatic heterocycles. The first-order valence-corrected chi connectivity index (χ1v) is 10.3. The molecule has 0 fully saturated rings. The summed E-state index contributed by atoms with van der Waals surface area (Å²) in [6.45, 7) is 10.4. The van der Waals surface area contributed by atoms with Gasteiger partial charge in [0, 0.05) is 12.1 Å². The van der Waals surface area contributed by atoms with Gasteiger partial charge >= 0.3 is 12.1 Å². The second kappa shape index (κ2) is 8.53. The number of carbonyl (C=O) groups is 2. The smallest absolute Gasteiger partial charge is 0.408 e. The van der Waals surface area contributed by atoms with Crippen LogP contribution in [-0.4, -0.2) is 28.8 Å². The van der Waals surface area contributed by atoms with Crippen LogP contribution >= 0.6 is 0 Å². The van der Waals surface area contributed by atoms with Crippen molar-refractivity contribution in [3.8, 4) is 11.5 Å². The number of rotatable bonds is 4. The van der Waals surface area contributed by atoms with Crippen molar-refractivity contribution in [2.24, 2.45) is 5.92 Å². The minimum absolute atomic E-state index is 0.00446. The summed E-state index contributed by atoms with van der Waals surface area (Å²) < 4.78 is 16.5. The summed E-state index contributed by atoms with van der Waals surface area (Å²) in [6, 6.07) is 6.70. The van der Waals surface area contributed by atoms with Crippen LogP contribution in [0, 0.1) is 12.8 Å². The van der Waals surface area contributed by atoms with Crippen molar-refractivity contribution in [1.82, 2.24) is 5.32 Å². The Kier molecular flexibility index (Phi) is 6.16. The zero-order chi connectivity index (χ0) is 23.8. The molecule has 0 saturated carbocycles. The fourth-order valence-electron chi connectivity index (χ4n) is 3.27. The number of aromatic hydroxyl groups is 1. The zero-order valence-corrected chi connectivity index (χ0v) is 18.9. The molecule has 1 heterocycles. The van der Waals surface area contributed by atoms with Gasteiger partial charge in [-0.1, -0.05) is 26.0 Å². The van der Waals surface area contributed by atoms with Crippen LogP contribution in [0.3, 0.4) is 0 Å². The van der Waals surface area contributed by atoms with E-state index in [0.717, 1.165) is 5.56 Å². The number of phenolic OH excluding ortho intramolecular Hbond substituents is 1. The first-order chi connectivity index (χ1) is 14.9. The number of para-hydroxylation sites is 1. The minimum atomic E-state index is -0.992. The van der Waals surface area contributed by atoms with Gasteiger partial charge in [-0.25, -0.2) is 9.59 Å². The van der Waals surface area contributed by atoms with E-state index >= 15 is 0 Å². The fraction of sp³-hybridized carbons (Fsp3) is 0.375. The number of alkyl carbamates (subject to hydrolysis) is 1. The molecule has 8 heteroatoms. The molecular formula is C24H27NO7. The number of aryl methyl sites for hydroxylation is 1. The van der Waals surface area contributed by atoms with E-state index in [1.54, 1.807) is 59.7 Å². The molecular weight excluding hydrogens is 414 g/mol. The summed E-state index contributed by atoms with van der Waals surface area (Å²) in [5, 5.41) is 13.3. The molecule has 3 rings (SSSR count). The van der Waals surface area contributed by atoms with Gasteiger partial charge in [0.25, 0.3) is 0 Å². The molecule has 1 atom stereocenters. The van der Waals surface area contributed by atoms with Crippen LogP contribution in [-0.2, 0) is 9.53 Å². The molecule has 170 valence electrons. The van der Waals surface area contributed by atoms with Crippen molar-refractivity contribution in [3.63, 3.8) is 0 Å². The van der Waals surface area contributed by atoms with Gasteiger partial charge in [0.05, 0.1) is 5.39 Å². The van der Waals surface area contributed by atoms with Crippen LogP contribution in [0.15, 0.2) is 39.5 Å². The number of benzene rings is 2. The van der Waals surface area contributed by atoms with Crippen molar-refractivity contribution >= 4 is 34.0 Å². The number of ether oxygens (including phenoxy) is 2. The number of carbonyl (C=O) groups excluding carboxylic acids is 2. The number of fused-ring (bicyclic) bond motifs is 2. The van der Waals surface area contributed by atoms with Crippen LogP contribution in [0.5, 0.6) is 11.5 Å². The molecule has 32 heavy (non-hydrogen) atoms. The standard InChI is InChI=1S/C24H27NO7/c1-12(2)19(25-23(29)32-24(4,5)6)22(28)30-14-10-16(26)18-17(11-14)31-21-13(3)8-7-9-15(21)20(18)27/h7-12,19,26H,1-6H3,(H,25,29)/t19-/m1/s1. The maximum atomic E-state index is 12.8. The molecule has 8 nitrogen and oxygen atoms in total. The Morgan fingerprint density at radius 3 is 2.47 bits per heavy atom. The van der Waals surface area contributed by atoms with E-state index < -0.39 is 23.7 Å². The quantitative estimate of drug-likeness (QED) is 0.350. The lowest BCUT2D eigenvalue weighted by molar-refractivity contribution is -0.137. The third-order valence-electron chi connectivity index (χ3n) is 4.76. The van der Waals surface area contributed by atoms with E-state index in [1.165, 1.54) is 12.1 Å². The second-order valence-electron chi connectivity index (χ2n) is 8.99. The van der Waals surface area contributed by atoms with Crippen molar-refractivity contribution in [3.05, 3.63) is 46.1 Å². The van der Waals surface area contributed by atoms with Gasteiger partial charge in [0.15, 0.2) is 0 Å². The van der Waals surface area contributed by atoms with Gasteiger partial charge in [0.2, 0.25) is 5.43 Å². The molecule has 0 unspecified atom stereocenters. The largest absolute Gasteiger partial charge is 0.507 e. The lowest BCUT2D eigenvalue weighted by Gasteiger charge is -2.24. The number of hydrogen-bond acceptors (Lipinski definition) is 7. The first kappa shape index (κ1) is 23.1. The molecule has 0 spiro atoms. The third-order valence-corrected chi connectivity index (χ3v) is 4.76. The number of amides is 1. The Labute approximate surface area is 185 Å². The number of nitrogens with one attached hydrogen (secondary N) is 1. The maximum Gasteiger partial charge on any atom is 0.408 e. The Morgan fingerprint density at radius 1 is 1.16 bits per heavy atom. The summed E-state index contributed by atoms with van der Waals surface area (Å²) in [5.41, 5.74) is 0.120. The lowest BCUT2D eigenvalue weighted by Crippen LogP contribution is -2.48. The maximum absolute atomic E-state index is 12.8. The summed E-state index contributed by atoms with van der Waals surface area (Å²) in [4.78, 5) is 37.7. The van der Waals surface area contributed by atoms with Crippen molar-refractivity contribution in [2.75, 3.05) is 0 Å². The van der Waals surface area contributed by atoms with Crippen molar-refractivity contribution in [2.45, 2.75) is 53.2 Å². The Bertz CT molecular complexity index is 1250. The van der Waals surface area contributed by atoms with E-state index in [2.05, 4.69) is 5.32 Å². The van der Waals surface area contributed by atoms with Crippen LogP contribution in [0.25, 0.3) is 21.9 Å². The third kappa shape index (κ3) is 4.85. The summed E-state index contributed by atoms with van der Waals surface area (Å²) in [5.74, 6) is -1.44. The number of phenols is 1. The highest BCUT2D eigenvalue weighted by molar-refractivity contribution is 5.95. The highest BCUT2D eigenvalue weighted by Gasteiger charge is 2.29. The van der Waals surface area contributed by atoms with Crippen molar-refractivity contribution < 1.29 is 28.6 Å². The van der Waals surface area contributed by atoms with Crippen molar-refractivity contribution in [1.29, 1.82) is 0 Å². The molecule has 1 amide bonds. The summed E-state index contributed by atoms with van der Waals surface area (Å²) in [6.07, 6.45) is -0.748. The van der Waals surface area contributed by atoms with E-state index in [4.69, 9.17) is 13.9 Å². The van der Waals surface area contributed by atoms with Gasteiger partial charge in [-0.3, -0.25) is 4.79 Å². The average Bonchev–Trinajstić information content (AvgIpc) is 2.65. The second-order valence-corrected chi connectivity index (χ2v) is 8.99. The molecule has 2 aromatic carbocycles. The van der Waals surface area contributed by atoms with Gasteiger partial charge in [-0.15, -0.1) is 0 Å². The van der Waals surface area contributed by atoms with E-state index in [1.807, 2.05) is 0 Å². The molecule has 0 saturated heterocycles. The van der Waals surface area contributed by atoms with Crippen LogP contribution in [0.2, 0.25) is 0 Å². The van der Waals surface area contributed by atoms with Crippen LogP contribution < -0.4 is 15.5 Å². The van der Waals surface area contributed by atoms with E-state index in [-0.39, 0.29) is 33.8 Å². The molecule has 0 aliphatic rings. The molecule has 0 radical (unpaired) electrons. The lowest BCUT2D eigenvalue weighted by atomic mass is 10.0. The molecule has 0 bridgehead atoms. The highest BCUT2D eigenvalue weighted by atomic mass is 16.6. The van der Waals surface area contributed by atoms with Crippen LogP contribution in [0.4, 0.5) is 4.79 Å². The summed E-state index contributed by atoms with van der Waals surface area (Å²) >= 11 is 0. The van der Waals surface area contributed by atoms with Gasteiger partial charge < -0.3 is 24.3 Å². The summed E-state index contributed by atoms with van der Waals surface area (Å²) in [7, 11) is 0. The van der Waals surface area contributed by atoms with E-state index in [0.29, 0.717) is 11.0 Å². The molecule has 1 aromatic heterocycles. The molecule has 3 aromatic rings. The Balaban J connectivity index is 1.94. The fourth-order valence-corrected chi connectivity index (χ4v) is 3.27. The highest BCUT2D eigenvalue weighted by Crippen LogP contribution is 2.31. The topological polar surface area (TPSA) is 115 Å². The normalized spacial score (nSPS) is 12.7. The SMILES string of the molecule is Cc1cccc2c(=O)c3c(O)cc(OC(=O)[C@H](NC(=O)OC(C)(C)C)C(C)C)cc3oc12.